The molecule has 0 aliphatic carbocycles. The maximum Gasteiger partial charge on any atom is 0.0703 e. The first-order valence-corrected chi connectivity index (χ1v) is 8.84. The maximum atomic E-state index is 4.73. The highest BCUT2D eigenvalue weighted by molar-refractivity contribution is 5.84. The normalized spacial score (nSPS) is 23.5. The number of fused-ring (bicyclic) bond motifs is 2. The molecule has 0 spiro atoms. The van der Waals surface area contributed by atoms with Gasteiger partial charge in [0.2, 0.25) is 0 Å². The fourth-order valence-electron chi connectivity index (χ4n) is 4.28. The Morgan fingerprint density at radius 3 is 2.92 bits per heavy atom. The van der Waals surface area contributed by atoms with Crippen molar-refractivity contribution >= 4 is 16.6 Å². The van der Waals surface area contributed by atoms with Gasteiger partial charge in [-0.1, -0.05) is 13.0 Å². The highest BCUT2D eigenvalue weighted by atomic mass is 15.3. The van der Waals surface area contributed by atoms with Crippen molar-refractivity contribution in [2.24, 2.45) is 5.92 Å². The van der Waals surface area contributed by atoms with E-state index in [-0.39, 0.29) is 0 Å². The Labute approximate surface area is 142 Å². The van der Waals surface area contributed by atoms with Crippen LogP contribution in [0.4, 0.5) is 5.69 Å². The fraction of sp³-hybridized carbons (Fsp3) is 0.350. The summed E-state index contributed by atoms with van der Waals surface area (Å²) >= 11 is 0. The molecule has 2 aliphatic rings. The predicted molar refractivity (Wildman–Crippen MR) is 98.3 cm³/mol. The average Bonchev–Trinajstić information content (AvgIpc) is 3.20. The minimum Gasteiger partial charge on any atom is -0.368 e. The second-order valence-electron chi connectivity index (χ2n) is 7.00. The molecule has 2 saturated heterocycles. The molecule has 5 rings (SSSR count). The van der Waals surface area contributed by atoms with Gasteiger partial charge in [0, 0.05) is 54.3 Å². The monoisotopic (exact) mass is 318 g/mol. The first kappa shape index (κ1) is 14.1. The van der Waals surface area contributed by atoms with E-state index in [1.54, 1.807) is 0 Å². The van der Waals surface area contributed by atoms with Crippen LogP contribution in [0.2, 0.25) is 0 Å². The molecule has 2 fully saturated rings. The molecule has 24 heavy (non-hydrogen) atoms. The molecule has 0 saturated carbocycles. The molecule has 2 atom stereocenters. The number of nitrogens with zero attached hydrogens (tertiary/aromatic N) is 3. The maximum absolute atomic E-state index is 4.73. The summed E-state index contributed by atoms with van der Waals surface area (Å²) in [5, 5.41) is 1.23. The Balaban J connectivity index is 1.37. The lowest BCUT2D eigenvalue weighted by atomic mass is 9.92. The largest absolute Gasteiger partial charge is 0.368 e. The van der Waals surface area contributed by atoms with Crippen LogP contribution in [0.3, 0.4) is 0 Å². The smallest absolute Gasteiger partial charge is 0.0703 e. The lowest BCUT2D eigenvalue weighted by molar-refractivity contribution is 0.0580. The molecule has 0 amide bonds. The Morgan fingerprint density at radius 1 is 1.12 bits per heavy atom. The molecular weight excluding hydrogens is 296 g/mol. The van der Waals surface area contributed by atoms with Crippen molar-refractivity contribution in [2.75, 3.05) is 31.1 Å². The van der Waals surface area contributed by atoms with Gasteiger partial charge in [-0.2, -0.15) is 0 Å². The number of benzene rings is 1. The van der Waals surface area contributed by atoms with Crippen LogP contribution in [0, 0.1) is 5.92 Å². The van der Waals surface area contributed by atoms with Gasteiger partial charge in [-0.15, -0.1) is 0 Å². The number of aromatic nitrogens is 2. The number of rotatable bonds is 3. The molecule has 3 aromatic rings. The second-order valence-corrected chi connectivity index (χ2v) is 7.00. The van der Waals surface area contributed by atoms with Crippen LogP contribution < -0.4 is 4.90 Å². The van der Waals surface area contributed by atoms with Crippen molar-refractivity contribution in [3.63, 3.8) is 0 Å². The lowest BCUT2D eigenvalue weighted by Crippen LogP contribution is -2.55. The van der Waals surface area contributed by atoms with Crippen LogP contribution in [0.25, 0.3) is 22.2 Å². The van der Waals surface area contributed by atoms with E-state index in [2.05, 4.69) is 58.1 Å². The van der Waals surface area contributed by atoms with Crippen molar-refractivity contribution < 1.29 is 0 Å². The van der Waals surface area contributed by atoms with E-state index in [1.807, 2.05) is 12.4 Å². The highest BCUT2D eigenvalue weighted by Crippen LogP contribution is 2.34. The van der Waals surface area contributed by atoms with Crippen LogP contribution >= 0.6 is 0 Å². The summed E-state index contributed by atoms with van der Waals surface area (Å²) in [6.07, 6.45) is 4.02. The number of aromatic amines is 1. The summed E-state index contributed by atoms with van der Waals surface area (Å²) < 4.78 is 0. The lowest BCUT2D eigenvalue weighted by Gasteiger charge is -2.42. The van der Waals surface area contributed by atoms with Crippen molar-refractivity contribution in [1.82, 2.24) is 14.9 Å². The third-order valence-corrected chi connectivity index (χ3v) is 5.71. The van der Waals surface area contributed by atoms with Gasteiger partial charge in [-0.25, -0.2) is 0 Å². The van der Waals surface area contributed by atoms with Crippen LogP contribution in [0.5, 0.6) is 0 Å². The van der Waals surface area contributed by atoms with Gasteiger partial charge in [0.25, 0.3) is 0 Å². The number of likely N-dealkylation sites (N-methyl/N-ethyl adjacent to an activating group) is 1. The topological polar surface area (TPSA) is 35.2 Å². The van der Waals surface area contributed by atoms with Gasteiger partial charge in [0.05, 0.1) is 17.6 Å². The average molecular weight is 318 g/mol. The zero-order valence-corrected chi connectivity index (χ0v) is 13.9. The molecular formula is C20H22N4. The zero-order chi connectivity index (χ0) is 16.1. The Kier molecular flexibility index (Phi) is 3.13. The number of hydrogen-bond donors (Lipinski definition) is 1. The van der Waals surface area contributed by atoms with Gasteiger partial charge in [0.1, 0.15) is 0 Å². The van der Waals surface area contributed by atoms with Crippen molar-refractivity contribution in [3.05, 3.63) is 48.8 Å². The predicted octanol–water partition coefficient (Wildman–Crippen LogP) is 3.37. The second kappa shape index (κ2) is 5.35. The number of pyridine rings is 1. The van der Waals surface area contributed by atoms with E-state index >= 15 is 0 Å². The van der Waals surface area contributed by atoms with Gasteiger partial charge >= 0.3 is 0 Å². The third-order valence-electron chi connectivity index (χ3n) is 5.71. The van der Waals surface area contributed by atoms with Gasteiger partial charge in [-0.05, 0) is 36.9 Å². The van der Waals surface area contributed by atoms with Crippen molar-refractivity contribution in [1.29, 1.82) is 0 Å². The van der Waals surface area contributed by atoms with E-state index < -0.39 is 0 Å². The molecule has 0 bridgehead atoms. The van der Waals surface area contributed by atoms with E-state index in [1.165, 1.54) is 41.8 Å². The number of anilines is 1. The summed E-state index contributed by atoms with van der Waals surface area (Å²) in [5.74, 6) is 0.848. The number of nitrogens with one attached hydrogen (secondary N) is 1. The summed E-state index contributed by atoms with van der Waals surface area (Å²) in [7, 11) is 0. The van der Waals surface area contributed by atoms with E-state index in [0.717, 1.165) is 24.2 Å². The standard InChI is InChI=1S/C20H22N4/c1-2-23-11-16-12-24(13-20(16)23)17-4-6-19(22-10-17)14-3-5-18-15(9-14)7-8-21-18/h3-10,16,20-21H,2,11-13H2,1H3. The first-order valence-electron chi connectivity index (χ1n) is 8.84. The summed E-state index contributed by atoms with van der Waals surface area (Å²) in [6, 6.07) is 13.7. The molecule has 1 N–H and O–H groups in total. The van der Waals surface area contributed by atoms with Crippen LogP contribution in [-0.2, 0) is 0 Å². The SMILES string of the molecule is CCN1CC2CN(c3ccc(-c4ccc5[nH]ccc5c4)nc3)CC21. The molecule has 1 aromatic carbocycles. The highest BCUT2D eigenvalue weighted by Gasteiger charge is 2.44. The summed E-state index contributed by atoms with van der Waals surface area (Å²) in [4.78, 5) is 13.0. The van der Waals surface area contributed by atoms with Crippen LogP contribution in [-0.4, -0.2) is 47.1 Å². The minimum atomic E-state index is 0.755. The van der Waals surface area contributed by atoms with Gasteiger partial charge in [-0.3, -0.25) is 9.88 Å². The summed E-state index contributed by atoms with van der Waals surface area (Å²) in [5.41, 5.74) is 4.64. The Morgan fingerprint density at radius 2 is 2.08 bits per heavy atom. The van der Waals surface area contributed by atoms with Crippen molar-refractivity contribution in [2.45, 2.75) is 13.0 Å². The molecule has 4 heterocycles. The first-order chi connectivity index (χ1) is 11.8. The Bertz CT molecular complexity index is 867. The molecule has 4 nitrogen and oxygen atoms in total. The van der Waals surface area contributed by atoms with Gasteiger partial charge < -0.3 is 9.88 Å². The quantitative estimate of drug-likeness (QED) is 0.804. The summed E-state index contributed by atoms with van der Waals surface area (Å²) in [6.45, 7) is 7.02. The molecule has 2 aromatic heterocycles. The van der Waals surface area contributed by atoms with E-state index in [0.29, 0.717) is 0 Å². The van der Waals surface area contributed by atoms with Crippen molar-refractivity contribution in [3.8, 4) is 11.3 Å². The zero-order valence-electron chi connectivity index (χ0n) is 13.9. The number of H-pyrrole nitrogens is 1. The third kappa shape index (κ3) is 2.13. The number of hydrogen-bond acceptors (Lipinski definition) is 3. The molecule has 2 aliphatic heterocycles. The minimum absolute atomic E-state index is 0.755. The molecule has 2 unspecified atom stereocenters. The fourth-order valence-corrected chi connectivity index (χ4v) is 4.28. The van der Waals surface area contributed by atoms with E-state index in [9.17, 15) is 0 Å². The Hall–Kier alpha value is -2.33. The molecule has 4 heteroatoms. The van der Waals surface area contributed by atoms with E-state index in [4.69, 9.17) is 4.98 Å². The number of likely N-dealkylation sites (tertiary alicyclic amines) is 1. The van der Waals surface area contributed by atoms with Gasteiger partial charge in [0.15, 0.2) is 0 Å². The molecule has 122 valence electrons. The molecule has 0 radical (unpaired) electrons. The van der Waals surface area contributed by atoms with Crippen LogP contribution in [0.1, 0.15) is 6.92 Å². The van der Waals surface area contributed by atoms with Crippen LogP contribution in [0.15, 0.2) is 48.8 Å².